The molecule has 2 heterocycles. The SMILES string of the molecule is Clc1cccc(-c2noc3c2CCCCN3)c1Cl. The van der Waals surface area contributed by atoms with Crippen molar-refractivity contribution < 1.29 is 4.52 Å². The molecular weight excluding hydrogens is 271 g/mol. The van der Waals surface area contributed by atoms with E-state index in [1.165, 1.54) is 0 Å². The average Bonchev–Trinajstić information content (AvgIpc) is 2.62. The van der Waals surface area contributed by atoms with Gasteiger partial charge in [0.15, 0.2) is 0 Å². The quantitative estimate of drug-likeness (QED) is 0.843. The summed E-state index contributed by atoms with van der Waals surface area (Å²) in [4.78, 5) is 0. The van der Waals surface area contributed by atoms with Crippen molar-refractivity contribution >= 4 is 29.1 Å². The maximum atomic E-state index is 6.23. The van der Waals surface area contributed by atoms with Crippen LogP contribution in [-0.4, -0.2) is 11.7 Å². The summed E-state index contributed by atoms with van der Waals surface area (Å²) >= 11 is 12.3. The third-order valence-corrected chi connectivity index (χ3v) is 3.95. The van der Waals surface area contributed by atoms with E-state index in [9.17, 15) is 0 Å². The fourth-order valence-electron chi connectivity index (χ4n) is 2.21. The van der Waals surface area contributed by atoms with E-state index in [0.29, 0.717) is 10.0 Å². The predicted molar refractivity (Wildman–Crippen MR) is 73.4 cm³/mol. The molecule has 1 N–H and O–H groups in total. The Morgan fingerprint density at radius 1 is 1.22 bits per heavy atom. The van der Waals surface area contributed by atoms with Gasteiger partial charge in [0.25, 0.3) is 0 Å². The maximum Gasteiger partial charge on any atom is 0.228 e. The van der Waals surface area contributed by atoms with Gasteiger partial charge in [0.2, 0.25) is 5.88 Å². The Morgan fingerprint density at radius 2 is 2.11 bits per heavy atom. The first-order chi connectivity index (χ1) is 8.77. The molecule has 0 aliphatic carbocycles. The van der Waals surface area contributed by atoms with E-state index >= 15 is 0 Å². The van der Waals surface area contributed by atoms with Crippen molar-refractivity contribution in [3.05, 3.63) is 33.8 Å². The summed E-state index contributed by atoms with van der Waals surface area (Å²) in [6.07, 6.45) is 3.20. The molecule has 2 aromatic rings. The molecule has 0 fully saturated rings. The molecule has 1 aromatic heterocycles. The minimum Gasteiger partial charge on any atom is -0.354 e. The Bertz CT molecular complexity index is 580. The standard InChI is InChI=1S/C13H12Cl2N2O/c14-10-6-3-5-8(11(10)15)12-9-4-1-2-7-16-13(9)18-17-12/h3,5-6,16H,1-2,4,7H2. The summed E-state index contributed by atoms with van der Waals surface area (Å²) in [5, 5.41) is 8.44. The second kappa shape index (κ2) is 4.82. The molecule has 1 aliphatic rings. The van der Waals surface area contributed by atoms with Gasteiger partial charge >= 0.3 is 0 Å². The molecule has 0 saturated heterocycles. The van der Waals surface area contributed by atoms with Crippen LogP contribution in [0.5, 0.6) is 0 Å². The lowest BCUT2D eigenvalue weighted by molar-refractivity contribution is 0.434. The highest BCUT2D eigenvalue weighted by atomic mass is 35.5. The van der Waals surface area contributed by atoms with Gasteiger partial charge in [-0.2, -0.15) is 0 Å². The van der Waals surface area contributed by atoms with Crippen molar-refractivity contribution in [1.82, 2.24) is 5.16 Å². The zero-order valence-electron chi connectivity index (χ0n) is 9.67. The van der Waals surface area contributed by atoms with Crippen LogP contribution in [0, 0.1) is 0 Å². The van der Waals surface area contributed by atoms with Crippen molar-refractivity contribution in [2.45, 2.75) is 19.3 Å². The van der Waals surface area contributed by atoms with Crippen LogP contribution in [0.1, 0.15) is 18.4 Å². The lowest BCUT2D eigenvalue weighted by atomic mass is 10.0. The number of nitrogens with zero attached hydrogens (tertiary/aromatic N) is 1. The summed E-state index contributed by atoms with van der Waals surface area (Å²) in [6, 6.07) is 5.55. The van der Waals surface area contributed by atoms with Crippen molar-refractivity contribution in [2.24, 2.45) is 0 Å². The van der Waals surface area contributed by atoms with Gasteiger partial charge in [-0.25, -0.2) is 0 Å². The lowest BCUT2D eigenvalue weighted by Gasteiger charge is -2.04. The van der Waals surface area contributed by atoms with Gasteiger partial charge in [0, 0.05) is 17.7 Å². The molecule has 3 rings (SSSR count). The largest absolute Gasteiger partial charge is 0.354 e. The van der Waals surface area contributed by atoms with Crippen LogP contribution < -0.4 is 5.32 Å². The highest BCUT2D eigenvalue weighted by molar-refractivity contribution is 6.43. The highest BCUT2D eigenvalue weighted by Crippen LogP contribution is 2.38. The Hall–Kier alpha value is -1.19. The van der Waals surface area contributed by atoms with E-state index in [2.05, 4.69) is 10.5 Å². The van der Waals surface area contributed by atoms with Gasteiger partial charge in [-0.05, 0) is 25.3 Å². The Labute approximate surface area is 115 Å². The molecule has 18 heavy (non-hydrogen) atoms. The van der Waals surface area contributed by atoms with Gasteiger partial charge in [-0.1, -0.05) is 40.5 Å². The van der Waals surface area contributed by atoms with E-state index in [4.69, 9.17) is 27.7 Å². The molecule has 0 atom stereocenters. The molecule has 3 nitrogen and oxygen atoms in total. The number of benzene rings is 1. The fraction of sp³-hybridized carbons (Fsp3) is 0.308. The number of aromatic nitrogens is 1. The van der Waals surface area contributed by atoms with Crippen LogP contribution in [0.2, 0.25) is 10.0 Å². The zero-order chi connectivity index (χ0) is 12.5. The van der Waals surface area contributed by atoms with Crippen LogP contribution in [0.15, 0.2) is 22.7 Å². The third-order valence-electron chi connectivity index (χ3n) is 3.13. The molecular formula is C13H12Cl2N2O. The van der Waals surface area contributed by atoms with E-state index < -0.39 is 0 Å². The van der Waals surface area contributed by atoms with Crippen molar-refractivity contribution in [2.75, 3.05) is 11.9 Å². The first-order valence-electron chi connectivity index (χ1n) is 5.94. The van der Waals surface area contributed by atoms with Crippen LogP contribution in [0.3, 0.4) is 0 Å². The van der Waals surface area contributed by atoms with E-state index in [1.54, 1.807) is 6.07 Å². The summed E-state index contributed by atoms with van der Waals surface area (Å²) in [5.74, 6) is 0.763. The van der Waals surface area contributed by atoms with Crippen molar-refractivity contribution in [3.63, 3.8) is 0 Å². The Morgan fingerprint density at radius 3 is 3.00 bits per heavy atom. The van der Waals surface area contributed by atoms with Gasteiger partial charge in [-0.15, -0.1) is 0 Å². The second-order valence-corrected chi connectivity index (χ2v) is 5.11. The molecule has 0 spiro atoms. The second-order valence-electron chi connectivity index (χ2n) is 4.32. The summed E-state index contributed by atoms with van der Waals surface area (Å²) in [7, 11) is 0. The molecule has 0 bridgehead atoms. The molecule has 1 aliphatic heterocycles. The number of anilines is 1. The number of nitrogens with one attached hydrogen (secondary N) is 1. The smallest absolute Gasteiger partial charge is 0.228 e. The number of halogens is 2. The van der Waals surface area contributed by atoms with Gasteiger partial charge < -0.3 is 9.84 Å². The Kier molecular flexibility index (Phi) is 3.18. The van der Waals surface area contributed by atoms with Crippen LogP contribution in [0.25, 0.3) is 11.3 Å². The molecule has 5 heteroatoms. The average molecular weight is 283 g/mol. The Balaban J connectivity index is 2.12. The number of hydrogen-bond acceptors (Lipinski definition) is 3. The van der Waals surface area contributed by atoms with E-state index in [-0.39, 0.29) is 0 Å². The third kappa shape index (κ3) is 1.98. The summed E-state index contributed by atoms with van der Waals surface area (Å²) < 4.78 is 5.35. The molecule has 0 radical (unpaired) electrons. The molecule has 0 unspecified atom stereocenters. The summed E-state index contributed by atoms with van der Waals surface area (Å²) in [6.45, 7) is 0.922. The zero-order valence-corrected chi connectivity index (χ0v) is 11.2. The van der Waals surface area contributed by atoms with E-state index in [1.807, 2.05) is 12.1 Å². The fourth-order valence-corrected chi connectivity index (χ4v) is 2.60. The minimum absolute atomic E-state index is 0.527. The van der Waals surface area contributed by atoms with Gasteiger partial charge in [-0.3, -0.25) is 0 Å². The molecule has 1 aromatic carbocycles. The van der Waals surface area contributed by atoms with Crippen LogP contribution in [0.4, 0.5) is 5.88 Å². The van der Waals surface area contributed by atoms with Crippen LogP contribution >= 0.6 is 23.2 Å². The topological polar surface area (TPSA) is 38.1 Å². The summed E-state index contributed by atoms with van der Waals surface area (Å²) in [5.41, 5.74) is 2.72. The lowest BCUT2D eigenvalue weighted by Crippen LogP contribution is -1.97. The molecule has 0 amide bonds. The van der Waals surface area contributed by atoms with Crippen molar-refractivity contribution in [3.8, 4) is 11.3 Å². The minimum atomic E-state index is 0.527. The van der Waals surface area contributed by atoms with Crippen LogP contribution in [-0.2, 0) is 6.42 Å². The van der Waals surface area contributed by atoms with Crippen molar-refractivity contribution in [1.29, 1.82) is 0 Å². The van der Waals surface area contributed by atoms with E-state index in [0.717, 1.165) is 48.5 Å². The number of hydrogen-bond donors (Lipinski definition) is 1. The number of rotatable bonds is 1. The van der Waals surface area contributed by atoms with Gasteiger partial charge in [0.05, 0.1) is 10.0 Å². The first-order valence-corrected chi connectivity index (χ1v) is 6.70. The predicted octanol–water partition coefficient (Wildman–Crippen LogP) is 4.40. The monoisotopic (exact) mass is 282 g/mol. The highest BCUT2D eigenvalue weighted by Gasteiger charge is 2.21. The normalized spacial score (nSPS) is 14.8. The van der Waals surface area contributed by atoms with Gasteiger partial charge in [0.1, 0.15) is 5.69 Å². The number of fused-ring (bicyclic) bond motifs is 1. The maximum absolute atomic E-state index is 6.23. The first kappa shape index (κ1) is 11.9. The molecule has 0 saturated carbocycles. The molecule has 94 valence electrons.